The molecule has 1 saturated carbocycles. The van der Waals surface area contributed by atoms with Crippen LogP contribution in [0.15, 0.2) is 48.7 Å². The second-order valence-corrected chi connectivity index (χ2v) is 8.23. The zero-order valence-electron chi connectivity index (χ0n) is 14.1. The van der Waals surface area contributed by atoms with Crippen LogP contribution in [0.25, 0.3) is 0 Å². The molecule has 3 rings (SSSR count). The molecular weight excluding hydrogens is 359 g/mol. The highest BCUT2D eigenvalue weighted by Crippen LogP contribution is 2.37. The number of halogens is 1. The number of sulfonamides is 1. The van der Waals surface area contributed by atoms with Gasteiger partial charge >= 0.3 is 0 Å². The number of ether oxygens (including phenoxy) is 1. The summed E-state index contributed by atoms with van der Waals surface area (Å²) >= 11 is 0. The monoisotopic (exact) mass is 380 g/mol. The van der Waals surface area contributed by atoms with E-state index in [-0.39, 0.29) is 24.1 Å². The number of aliphatic hydroxyl groups excluding tert-OH is 1. The van der Waals surface area contributed by atoms with Gasteiger partial charge in [0.2, 0.25) is 10.0 Å². The van der Waals surface area contributed by atoms with Gasteiger partial charge in [0.1, 0.15) is 18.2 Å². The maximum Gasteiger partial charge on any atom is 0.215 e. The van der Waals surface area contributed by atoms with E-state index < -0.39 is 22.2 Å². The average molecular weight is 380 g/mol. The Morgan fingerprint density at radius 3 is 2.58 bits per heavy atom. The number of aromatic nitrogens is 1. The van der Waals surface area contributed by atoms with E-state index in [1.54, 1.807) is 24.4 Å². The number of hydrogen-bond donors (Lipinski definition) is 2. The van der Waals surface area contributed by atoms with Crippen molar-refractivity contribution in [1.82, 2.24) is 9.71 Å². The SMILES string of the molecule is O=S(=O)(CCOc1ccc(F)cc1)N[C@@H](c1ccccn1)C1CC(O)C1. The third kappa shape index (κ3) is 5.00. The van der Waals surface area contributed by atoms with Crippen molar-refractivity contribution in [2.75, 3.05) is 12.4 Å². The van der Waals surface area contributed by atoms with Crippen molar-refractivity contribution in [3.63, 3.8) is 0 Å². The van der Waals surface area contributed by atoms with E-state index in [4.69, 9.17) is 4.74 Å². The van der Waals surface area contributed by atoms with Crippen LogP contribution in [-0.4, -0.2) is 37.0 Å². The molecule has 1 aromatic carbocycles. The van der Waals surface area contributed by atoms with Gasteiger partial charge in [0.05, 0.1) is 23.6 Å². The lowest BCUT2D eigenvalue weighted by Crippen LogP contribution is -2.42. The quantitative estimate of drug-likeness (QED) is 0.732. The normalized spacial score (nSPS) is 21.0. The first-order valence-electron chi connectivity index (χ1n) is 8.40. The van der Waals surface area contributed by atoms with Crippen LogP contribution in [0.2, 0.25) is 0 Å². The second kappa shape index (κ2) is 8.11. The van der Waals surface area contributed by atoms with E-state index in [1.807, 2.05) is 0 Å². The first-order chi connectivity index (χ1) is 12.4. The van der Waals surface area contributed by atoms with Gasteiger partial charge in [-0.15, -0.1) is 0 Å². The Labute approximate surface area is 152 Å². The van der Waals surface area contributed by atoms with E-state index in [0.717, 1.165) is 0 Å². The minimum atomic E-state index is -3.62. The smallest absolute Gasteiger partial charge is 0.215 e. The summed E-state index contributed by atoms with van der Waals surface area (Å²) in [6.45, 7) is -0.0524. The van der Waals surface area contributed by atoms with Gasteiger partial charge < -0.3 is 9.84 Å². The predicted octanol–water partition coefficient (Wildman–Crippen LogP) is 2.03. The van der Waals surface area contributed by atoms with Gasteiger partial charge in [-0.05, 0) is 55.2 Å². The van der Waals surface area contributed by atoms with E-state index in [9.17, 15) is 17.9 Å². The topological polar surface area (TPSA) is 88.5 Å². The maximum absolute atomic E-state index is 12.9. The van der Waals surface area contributed by atoms with E-state index in [2.05, 4.69) is 9.71 Å². The summed E-state index contributed by atoms with van der Waals surface area (Å²) in [5.74, 6) is -0.201. The van der Waals surface area contributed by atoms with Gasteiger partial charge in [0.15, 0.2) is 0 Å². The summed E-state index contributed by atoms with van der Waals surface area (Å²) in [6, 6.07) is 10.3. The lowest BCUT2D eigenvalue weighted by atomic mass is 9.76. The number of pyridine rings is 1. The van der Waals surface area contributed by atoms with Gasteiger partial charge in [0.25, 0.3) is 0 Å². The Morgan fingerprint density at radius 1 is 1.23 bits per heavy atom. The van der Waals surface area contributed by atoms with Crippen LogP contribution < -0.4 is 9.46 Å². The fourth-order valence-corrected chi connectivity index (χ4v) is 4.03. The Kier molecular flexibility index (Phi) is 5.85. The van der Waals surface area contributed by atoms with Gasteiger partial charge in [0, 0.05) is 6.20 Å². The lowest BCUT2D eigenvalue weighted by molar-refractivity contribution is 0.0273. The van der Waals surface area contributed by atoms with E-state index >= 15 is 0 Å². The van der Waals surface area contributed by atoms with Gasteiger partial charge in [-0.25, -0.2) is 17.5 Å². The second-order valence-electron chi connectivity index (χ2n) is 6.36. The van der Waals surface area contributed by atoms with Crippen molar-refractivity contribution in [3.8, 4) is 5.75 Å². The summed E-state index contributed by atoms with van der Waals surface area (Å²) in [4.78, 5) is 4.25. The minimum absolute atomic E-state index is 0.00712. The molecule has 1 aliphatic rings. The standard InChI is InChI=1S/C18H21FN2O4S/c19-14-4-6-16(7-5-14)25-9-10-26(23,24)21-18(13-11-15(22)12-13)17-3-1-2-8-20-17/h1-8,13,15,18,21-22H,9-12H2/t13?,15?,18-/m1/s1. The molecule has 1 atom stereocenters. The number of aliphatic hydroxyl groups is 1. The highest BCUT2D eigenvalue weighted by atomic mass is 32.2. The lowest BCUT2D eigenvalue weighted by Gasteiger charge is -2.37. The third-order valence-electron chi connectivity index (χ3n) is 4.37. The van der Waals surface area contributed by atoms with Crippen LogP contribution in [0, 0.1) is 11.7 Å². The summed E-state index contributed by atoms with van der Waals surface area (Å²) in [5.41, 5.74) is 0.632. The highest BCUT2D eigenvalue weighted by Gasteiger charge is 2.37. The van der Waals surface area contributed by atoms with Crippen molar-refractivity contribution in [1.29, 1.82) is 0 Å². The highest BCUT2D eigenvalue weighted by molar-refractivity contribution is 7.89. The molecular formula is C18H21FN2O4S. The molecule has 0 saturated heterocycles. The third-order valence-corrected chi connectivity index (χ3v) is 5.69. The molecule has 26 heavy (non-hydrogen) atoms. The first-order valence-corrected chi connectivity index (χ1v) is 10.1. The molecule has 2 aromatic rings. The molecule has 1 aliphatic carbocycles. The van der Waals surface area contributed by atoms with Crippen LogP contribution >= 0.6 is 0 Å². The summed E-state index contributed by atoms with van der Waals surface area (Å²) in [7, 11) is -3.62. The van der Waals surface area contributed by atoms with Crippen LogP contribution in [0.5, 0.6) is 5.75 Å². The molecule has 0 spiro atoms. The molecule has 2 N–H and O–H groups in total. The predicted molar refractivity (Wildman–Crippen MR) is 94.5 cm³/mol. The van der Waals surface area contributed by atoms with Crippen molar-refractivity contribution in [3.05, 3.63) is 60.2 Å². The molecule has 8 heteroatoms. The largest absolute Gasteiger partial charge is 0.492 e. The number of rotatable bonds is 8. The zero-order chi connectivity index (χ0) is 18.6. The van der Waals surface area contributed by atoms with Crippen molar-refractivity contribution in [2.24, 2.45) is 5.92 Å². The Bertz CT molecular complexity index is 809. The van der Waals surface area contributed by atoms with Crippen LogP contribution in [-0.2, 0) is 10.0 Å². The number of nitrogens with one attached hydrogen (secondary N) is 1. The Balaban J connectivity index is 1.60. The first kappa shape index (κ1) is 18.8. The molecule has 1 fully saturated rings. The maximum atomic E-state index is 12.9. The van der Waals surface area contributed by atoms with E-state index in [1.165, 1.54) is 24.3 Å². The molecule has 0 radical (unpaired) electrons. The molecule has 1 heterocycles. The zero-order valence-corrected chi connectivity index (χ0v) is 14.9. The van der Waals surface area contributed by atoms with Crippen molar-refractivity contribution < 1.29 is 22.7 Å². The molecule has 0 aliphatic heterocycles. The summed E-state index contributed by atoms with van der Waals surface area (Å²) < 4.78 is 45.8. The van der Waals surface area contributed by atoms with Gasteiger partial charge in [-0.3, -0.25) is 4.98 Å². The molecule has 0 bridgehead atoms. The Morgan fingerprint density at radius 2 is 1.96 bits per heavy atom. The molecule has 1 aromatic heterocycles. The molecule has 0 unspecified atom stereocenters. The summed E-state index contributed by atoms with van der Waals surface area (Å²) in [6.07, 6.45) is 2.30. The van der Waals surface area contributed by atoms with Crippen LogP contribution in [0.1, 0.15) is 24.6 Å². The number of hydrogen-bond acceptors (Lipinski definition) is 5. The van der Waals surface area contributed by atoms with Crippen molar-refractivity contribution in [2.45, 2.75) is 25.0 Å². The average Bonchev–Trinajstić information content (AvgIpc) is 2.60. The Hall–Kier alpha value is -2.03. The minimum Gasteiger partial charge on any atom is -0.492 e. The van der Waals surface area contributed by atoms with E-state index in [0.29, 0.717) is 24.3 Å². The number of benzene rings is 1. The van der Waals surface area contributed by atoms with Crippen LogP contribution in [0.3, 0.4) is 0 Å². The fraction of sp³-hybridized carbons (Fsp3) is 0.389. The molecule has 140 valence electrons. The molecule has 6 nitrogen and oxygen atoms in total. The van der Waals surface area contributed by atoms with Gasteiger partial charge in [-0.2, -0.15) is 0 Å². The number of nitrogens with zero attached hydrogens (tertiary/aromatic N) is 1. The van der Waals surface area contributed by atoms with Gasteiger partial charge in [-0.1, -0.05) is 6.07 Å². The van der Waals surface area contributed by atoms with Crippen LogP contribution in [0.4, 0.5) is 4.39 Å². The molecule has 0 amide bonds. The fourth-order valence-electron chi connectivity index (χ4n) is 2.91. The summed E-state index contributed by atoms with van der Waals surface area (Å²) in [5, 5.41) is 9.56. The van der Waals surface area contributed by atoms with Crippen molar-refractivity contribution >= 4 is 10.0 Å².